The molecule has 0 spiro atoms. The highest BCUT2D eigenvalue weighted by atomic mass is 127. The molecule has 0 aromatic heterocycles. The van der Waals surface area contributed by atoms with Gasteiger partial charge in [0.2, 0.25) is 0 Å². The van der Waals surface area contributed by atoms with Crippen LogP contribution in [0, 0.1) is 21.0 Å². The van der Waals surface area contributed by atoms with Crippen LogP contribution in [0.1, 0.15) is 10.4 Å². The predicted molar refractivity (Wildman–Crippen MR) is 116 cm³/mol. The van der Waals surface area contributed by atoms with E-state index in [4.69, 9.17) is 5.11 Å². The maximum atomic E-state index is 14.5. The molecule has 168 valence electrons. The van der Waals surface area contributed by atoms with E-state index in [1.807, 2.05) is 22.6 Å². The van der Waals surface area contributed by atoms with Crippen LogP contribution in [-0.4, -0.2) is 70.6 Å². The molecule has 0 radical (unpaired) electrons. The number of aliphatic hydroxyl groups is 3. The van der Waals surface area contributed by atoms with E-state index in [2.05, 4.69) is 10.6 Å². The minimum atomic E-state index is -1.32. The lowest BCUT2D eigenvalue weighted by molar-refractivity contribution is -0.0796. The van der Waals surface area contributed by atoms with Crippen LogP contribution < -0.4 is 10.6 Å². The highest BCUT2D eigenvalue weighted by Crippen LogP contribution is 2.31. The fourth-order valence-electron chi connectivity index (χ4n) is 3.20. The number of carbonyl (C=O) groups excluding carboxylic acids is 1. The number of nitrogens with zero attached hydrogens (tertiary/aromatic N) is 1. The summed E-state index contributed by atoms with van der Waals surface area (Å²) in [6.45, 7) is -0.464. The fraction of sp³-hybridized carbons (Fsp3) is 0.350. The summed E-state index contributed by atoms with van der Waals surface area (Å²) in [6.07, 6.45) is -0.973. The zero-order valence-corrected chi connectivity index (χ0v) is 18.4. The Morgan fingerprint density at radius 2 is 1.90 bits per heavy atom. The van der Waals surface area contributed by atoms with Gasteiger partial charge in [-0.3, -0.25) is 4.79 Å². The first-order valence-electron chi connectivity index (χ1n) is 9.35. The smallest absolute Gasteiger partial charge is 0.256 e. The monoisotopic (exact) mass is 551 g/mol. The summed E-state index contributed by atoms with van der Waals surface area (Å²) in [6, 6.07) is 6.03. The van der Waals surface area contributed by atoms with Gasteiger partial charge in [-0.25, -0.2) is 13.2 Å². The zero-order valence-electron chi connectivity index (χ0n) is 16.2. The first-order chi connectivity index (χ1) is 14.6. The number of anilines is 2. The molecule has 1 heterocycles. The second-order valence-corrected chi connectivity index (χ2v) is 8.63. The van der Waals surface area contributed by atoms with Crippen molar-refractivity contribution < 1.29 is 33.3 Å². The summed E-state index contributed by atoms with van der Waals surface area (Å²) in [5, 5.41) is 33.8. The summed E-state index contributed by atoms with van der Waals surface area (Å²) in [4.78, 5) is 14.1. The molecule has 2 aromatic carbocycles. The van der Waals surface area contributed by atoms with E-state index in [-0.39, 0.29) is 37.4 Å². The molecule has 1 atom stereocenters. The van der Waals surface area contributed by atoms with Crippen molar-refractivity contribution in [1.82, 2.24) is 10.2 Å². The van der Waals surface area contributed by atoms with Gasteiger partial charge in [-0.05, 0) is 52.9 Å². The number of hydrogen-bond donors (Lipinski definition) is 5. The average molecular weight is 551 g/mol. The predicted octanol–water partition coefficient (Wildman–Crippen LogP) is 1.58. The van der Waals surface area contributed by atoms with Gasteiger partial charge >= 0.3 is 0 Å². The Balaban J connectivity index is 1.74. The third kappa shape index (κ3) is 5.47. The van der Waals surface area contributed by atoms with E-state index in [0.29, 0.717) is 3.57 Å². The molecule has 1 unspecified atom stereocenters. The molecule has 0 aliphatic carbocycles. The molecule has 1 aliphatic rings. The SMILES string of the molecule is O=C(c1ccc(F)c(F)c1Nc1ccc(I)cc1F)N1CC(O)(CNCC(O)CO)C1. The Hall–Kier alpha value is -1.93. The third-order valence-corrected chi connectivity index (χ3v) is 5.49. The van der Waals surface area contributed by atoms with Crippen molar-refractivity contribution in [2.75, 3.05) is 38.1 Å². The highest BCUT2D eigenvalue weighted by molar-refractivity contribution is 14.1. The normalized spacial score (nSPS) is 16.0. The van der Waals surface area contributed by atoms with Gasteiger partial charge in [0.15, 0.2) is 11.6 Å². The number of benzene rings is 2. The molecular formula is C20H21F3IN3O4. The van der Waals surface area contributed by atoms with Crippen LogP contribution in [0.15, 0.2) is 30.3 Å². The minimum absolute atomic E-state index is 0.0601. The van der Waals surface area contributed by atoms with Gasteiger partial charge in [0, 0.05) is 16.7 Å². The van der Waals surface area contributed by atoms with E-state index >= 15 is 0 Å². The van der Waals surface area contributed by atoms with Gasteiger partial charge in [-0.1, -0.05) is 0 Å². The van der Waals surface area contributed by atoms with Gasteiger partial charge in [0.25, 0.3) is 5.91 Å². The van der Waals surface area contributed by atoms with E-state index < -0.39 is 47.4 Å². The number of amides is 1. The maximum Gasteiger partial charge on any atom is 0.256 e. The lowest BCUT2D eigenvalue weighted by Crippen LogP contribution is -2.67. The molecule has 3 rings (SSSR count). The molecule has 0 bridgehead atoms. The van der Waals surface area contributed by atoms with E-state index in [9.17, 15) is 28.2 Å². The fourth-order valence-corrected chi connectivity index (χ4v) is 3.66. The largest absolute Gasteiger partial charge is 0.394 e. The minimum Gasteiger partial charge on any atom is -0.394 e. The molecule has 11 heteroatoms. The third-order valence-electron chi connectivity index (χ3n) is 4.82. The standard InChI is InChI=1S/C20H21F3IN3O4/c21-14-3-2-13(18(17(14)23)26-16-4-1-11(24)5-15(16)22)19(30)27-9-20(31,10-27)8-25-6-12(29)7-28/h1-5,12,25-26,28-29,31H,6-10H2. The van der Waals surface area contributed by atoms with E-state index in [1.165, 1.54) is 17.0 Å². The molecule has 1 saturated heterocycles. The van der Waals surface area contributed by atoms with Crippen molar-refractivity contribution in [2.45, 2.75) is 11.7 Å². The molecule has 2 aromatic rings. The van der Waals surface area contributed by atoms with Crippen LogP contribution in [0.3, 0.4) is 0 Å². The maximum absolute atomic E-state index is 14.5. The first kappa shape index (κ1) is 23.7. The van der Waals surface area contributed by atoms with Crippen LogP contribution in [0.5, 0.6) is 0 Å². The second kappa shape index (κ2) is 9.69. The molecule has 7 nitrogen and oxygen atoms in total. The Kier molecular flexibility index (Phi) is 7.42. The lowest BCUT2D eigenvalue weighted by Gasteiger charge is -2.46. The van der Waals surface area contributed by atoms with Crippen LogP contribution in [0.4, 0.5) is 24.5 Å². The number of halogens is 4. The van der Waals surface area contributed by atoms with Gasteiger partial charge < -0.3 is 30.9 Å². The molecule has 1 aliphatic heterocycles. The Morgan fingerprint density at radius 3 is 2.55 bits per heavy atom. The number of rotatable bonds is 8. The average Bonchev–Trinajstić information content (AvgIpc) is 2.70. The number of carbonyl (C=O) groups is 1. The molecular weight excluding hydrogens is 530 g/mol. The Morgan fingerprint density at radius 1 is 1.19 bits per heavy atom. The summed E-state index contributed by atoms with van der Waals surface area (Å²) in [5.74, 6) is -3.87. The van der Waals surface area contributed by atoms with Crippen molar-refractivity contribution in [3.8, 4) is 0 Å². The summed E-state index contributed by atoms with van der Waals surface area (Å²) in [5.41, 5.74) is -2.09. The van der Waals surface area contributed by atoms with Crippen LogP contribution >= 0.6 is 22.6 Å². The topological polar surface area (TPSA) is 105 Å². The Labute approximate surface area is 190 Å². The van der Waals surface area contributed by atoms with Crippen molar-refractivity contribution in [2.24, 2.45) is 0 Å². The van der Waals surface area contributed by atoms with Crippen LogP contribution in [0.25, 0.3) is 0 Å². The lowest BCUT2D eigenvalue weighted by atomic mass is 9.92. The van der Waals surface area contributed by atoms with Crippen LogP contribution in [-0.2, 0) is 0 Å². The number of likely N-dealkylation sites (tertiary alicyclic amines) is 1. The number of hydrogen-bond acceptors (Lipinski definition) is 6. The second-order valence-electron chi connectivity index (χ2n) is 7.39. The number of nitrogens with one attached hydrogen (secondary N) is 2. The van der Waals surface area contributed by atoms with Crippen molar-refractivity contribution in [3.63, 3.8) is 0 Å². The Bertz CT molecular complexity index is 973. The molecule has 5 N–H and O–H groups in total. The number of aliphatic hydroxyl groups excluding tert-OH is 2. The van der Waals surface area contributed by atoms with E-state index in [1.54, 1.807) is 6.07 Å². The summed E-state index contributed by atoms with van der Waals surface area (Å²) in [7, 11) is 0. The zero-order chi connectivity index (χ0) is 22.8. The molecule has 1 fully saturated rings. The van der Waals surface area contributed by atoms with E-state index in [0.717, 1.165) is 12.1 Å². The van der Waals surface area contributed by atoms with Crippen molar-refractivity contribution in [3.05, 3.63) is 56.9 Å². The van der Waals surface area contributed by atoms with Gasteiger partial charge in [0.1, 0.15) is 11.4 Å². The van der Waals surface area contributed by atoms with Crippen LogP contribution in [0.2, 0.25) is 0 Å². The van der Waals surface area contributed by atoms with Gasteiger partial charge in [0.05, 0.1) is 42.7 Å². The quantitative estimate of drug-likeness (QED) is 0.320. The number of β-amino-alcohol motifs (C(OH)–C–C–N with tert-alkyl or cyclic N) is 1. The molecule has 1 amide bonds. The highest BCUT2D eigenvalue weighted by Gasteiger charge is 2.44. The van der Waals surface area contributed by atoms with Gasteiger partial charge in [-0.2, -0.15) is 0 Å². The molecule has 31 heavy (non-hydrogen) atoms. The van der Waals surface area contributed by atoms with Gasteiger partial charge in [-0.15, -0.1) is 0 Å². The summed E-state index contributed by atoms with van der Waals surface area (Å²) < 4.78 is 43.1. The first-order valence-corrected chi connectivity index (χ1v) is 10.4. The summed E-state index contributed by atoms with van der Waals surface area (Å²) >= 11 is 1.90. The molecule has 0 saturated carbocycles. The van der Waals surface area contributed by atoms with Crippen molar-refractivity contribution in [1.29, 1.82) is 0 Å². The van der Waals surface area contributed by atoms with Crippen molar-refractivity contribution >= 4 is 39.9 Å².